The van der Waals surface area contributed by atoms with Gasteiger partial charge in [-0.05, 0) is 85.3 Å². The number of nitriles is 4. The second-order valence-corrected chi connectivity index (χ2v) is 21.6. The van der Waals surface area contributed by atoms with Crippen molar-refractivity contribution < 1.29 is 17.6 Å². The molecule has 2 aliphatic rings. The fraction of sp³-hybridized carbons (Fsp3) is 0.130. The summed E-state index contributed by atoms with van der Waals surface area (Å²) in [6.45, 7) is 37.2. The molecule has 19 heteroatoms. The molecule has 0 saturated carbocycles. The van der Waals surface area contributed by atoms with Crippen molar-refractivity contribution in [2.75, 3.05) is 0 Å². The van der Waals surface area contributed by atoms with Gasteiger partial charge in [0.25, 0.3) is 34.6 Å². The highest BCUT2D eigenvalue weighted by Gasteiger charge is 2.54. The summed E-state index contributed by atoms with van der Waals surface area (Å²) in [6.07, 6.45) is 0. The highest BCUT2D eigenvalue weighted by molar-refractivity contribution is 7.41. The molecule has 0 N–H and O–H groups in total. The van der Waals surface area contributed by atoms with Crippen LogP contribution in [0.5, 0.6) is 0 Å². The molecule has 7 heterocycles. The van der Waals surface area contributed by atoms with Crippen molar-refractivity contribution in [2.45, 2.75) is 39.5 Å². The molecule has 65 heavy (non-hydrogen) atoms. The molecule has 0 aliphatic heterocycles. The van der Waals surface area contributed by atoms with Crippen LogP contribution in [0, 0.1) is 99.3 Å². The van der Waals surface area contributed by atoms with Crippen molar-refractivity contribution in [1.82, 2.24) is 0 Å². The number of hydrogen-bond acceptors (Lipinski definition) is 11. The molecule has 310 valence electrons. The van der Waals surface area contributed by atoms with Crippen LogP contribution in [0.25, 0.3) is 99.5 Å². The maximum Gasteiger partial charge on any atom is 0.284 e. The number of allylic oxidation sites excluding steroid dienone is 8. The number of thiophene rings is 7. The second-order valence-electron chi connectivity index (χ2n) is 14.3. The lowest BCUT2D eigenvalue weighted by atomic mass is 10.0. The van der Waals surface area contributed by atoms with Gasteiger partial charge in [0, 0.05) is 48.8 Å². The fourth-order valence-electron chi connectivity index (χ4n) is 8.17. The molecule has 0 spiro atoms. The first-order valence-corrected chi connectivity index (χ1v) is 24.1. The Bertz CT molecular complexity index is 3570. The second kappa shape index (κ2) is 15.3. The molecule has 0 aromatic carbocycles. The first-order valence-electron chi connectivity index (χ1n) is 18.4. The van der Waals surface area contributed by atoms with Gasteiger partial charge in [0.1, 0.15) is 0 Å². The van der Waals surface area contributed by atoms with Gasteiger partial charge in [-0.3, -0.25) is 0 Å². The van der Waals surface area contributed by atoms with Gasteiger partial charge in [0.05, 0.1) is 91.7 Å². The van der Waals surface area contributed by atoms with Crippen LogP contribution in [0.2, 0.25) is 0 Å². The summed E-state index contributed by atoms with van der Waals surface area (Å²) < 4.78 is 68.2. The molecule has 0 unspecified atom stereocenters. The summed E-state index contributed by atoms with van der Waals surface area (Å²) in [5.41, 5.74) is -3.28. The van der Waals surface area contributed by atoms with Crippen LogP contribution in [-0.2, 0) is 0 Å². The van der Waals surface area contributed by atoms with E-state index >= 15 is 17.6 Å². The van der Waals surface area contributed by atoms with Gasteiger partial charge in [-0.1, -0.05) is 0 Å². The van der Waals surface area contributed by atoms with Crippen molar-refractivity contribution in [1.29, 1.82) is 21.0 Å². The summed E-state index contributed by atoms with van der Waals surface area (Å²) in [6, 6.07) is 14.1. The summed E-state index contributed by atoms with van der Waals surface area (Å²) in [5, 5.41) is 38.6. The molecule has 0 fully saturated rings. The largest absolute Gasteiger partial charge is 0.284 e. The van der Waals surface area contributed by atoms with Gasteiger partial charge in [-0.25, -0.2) is 40.4 Å². The Morgan fingerprint density at radius 2 is 0.708 bits per heavy atom. The minimum atomic E-state index is -3.88. The molecule has 0 amide bonds. The lowest BCUT2D eigenvalue weighted by Gasteiger charge is -2.16. The van der Waals surface area contributed by atoms with E-state index < -0.39 is 56.9 Å². The molecule has 8 nitrogen and oxygen atoms in total. The van der Waals surface area contributed by atoms with Gasteiger partial charge in [-0.2, -0.15) is 17.6 Å². The monoisotopic (exact) mass is 980 g/mol. The highest BCUT2D eigenvalue weighted by atomic mass is 32.1. The zero-order chi connectivity index (χ0) is 46.6. The van der Waals surface area contributed by atoms with Crippen LogP contribution < -0.4 is 0 Å². The first-order chi connectivity index (χ1) is 31.1. The molecular formula is C46H16F4N8S7. The van der Waals surface area contributed by atoms with Crippen molar-refractivity contribution in [3.8, 4) is 63.3 Å². The Kier molecular flexibility index (Phi) is 10.2. The predicted octanol–water partition coefficient (Wildman–Crippen LogP) is 16.2. The Morgan fingerprint density at radius 3 is 1.00 bits per heavy atom. The van der Waals surface area contributed by atoms with E-state index in [0.29, 0.717) is 20.9 Å². The predicted molar refractivity (Wildman–Crippen MR) is 254 cm³/mol. The van der Waals surface area contributed by atoms with E-state index in [0.717, 1.165) is 81.9 Å². The van der Waals surface area contributed by atoms with E-state index in [4.69, 9.17) is 26.3 Å². The van der Waals surface area contributed by atoms with E-state index in [9.17, 15) is 21.0 Å². The van der Waals surface area contributed by atoms with Gasteiger partial charge in [-0.15, -0.1) is 79.4 Å². The third kappa shape index (κ3) is 5.90. The number of nitrogens with zero attached hydrogens (tertiary/aromatic N) is 8. The summed E-state index contributed by atoms with van der Waals surface area (Å²) in [5.74, 6) is -7.75. The quantitative estimate of drug-likeness (QED) is 0.0993. The molecule has 2 aliphatic carbocycles. The topological polar surface area (TPSA) is 113 Å². The number of halogens is 4. The van der Waals surface area contributed by atoms with E-state index in [2.05, 4.69) is 33.2 Å². The van der Waals surface area contributed by atoms with Gasteiger partial charge in [0.2, 0.25) is 0 Å². The smallest absolute Gasteiger partial charge is 0.226 e. The summed E-state index contributed by atoms with van der Waals surface area (Å²) in [4.78, 5) is 19.1. The van der Waals surface area contributed by atoms with Gasteiger partial charge >= 0.3 is 0 Å². The van der Waals surface area contributed by atoms with Crippen LogP contribution in [0.1, 0.15) is 43.1 Å². The van der Waals surface area contributed by atoms with Gasteiger partial charge < -0.3 is 0 Å². The van der Waals surface area contributed by atoms with E-state index in [1.807, 2.05) is 24.3 Å². The molecule has 9 rings (SSSR count). The SMILES string of the molecule is [C-]#[N+]/C(C#N)=C1/c2c(sc(-c3ccc(-c4sc5c(sc6c(C)c(-c7ccc(-c8sc9c(c8C)/C(=C(/C#N)[N+]#[C-])C(F)(F)/C9=C(\C#N)[N+]#[C-])s7)sc65)c4C)s3)c2C)/C(=C(\C#N)[N+]#[C-])C1(F)F. The van der Waals surface area contributed by atoms with Crippen LogP contribution in [-0.4, -0.2) is 11.8 Å². The minimum Gasteiger partial charge on any atom is -0.226 e. The normalized spacial score (nSPS) is 17.5. The van der Waals surface area contributed by atoms with Gasteiger partial charge in [0.15, 0.2) is 0 Å². The Morgan fingerprint density at radius 1 is 0.415 bits per heavy atom. The third-order valence-corrected chi connectivity index (χ3v) is 21.0. The van der Waals surface area contributed by atoms with E-state index in [1.54, 1.807) is 72.1 Å². The Labute approximate surface area is 394 Å². The summed E-state index contributed by atoms with van der Waals surface area (Å²) in [7, 11) is 0. The number of fused-ring (bicyclic) bond motifs is 5. The minimum absolute atomic E-state index is 0.00126. The van der Waals surface area contributed by atoms with Crippen molar-refractivity contribution in [2.24, 2.45) is 0 Å². The van der Waals surface area contributed by atoms with Crippen molar-refractivity contribution in [3.63, 3.8) is 0 Å². The molecular weight excluding hydrogens is 965 g/mol. The molecule has 0 atom stereocenters. The molecule has 0 saturated heterocycles. The van der Waals surface area contributed by atoms with Crippen molar-refractivity contribution >= 4 is 120 Å². The average molecular weight is 981 g/mol. The zero-order valence-corrected chi connectivity index (χ0v) is 39.0. The number of hydrogen-bond donors (Lipinski definition) is 0. The standard InChI is InChI=1S/C46H16F4N8S7/c1-17-29-31(21(13-51)55-5)45(47,48)33(23(15-53)57-7)41(29)61-35(17)25-9-11-27(59-25)37-19(3)39-43(63-37)44-40(65-39)20(4)38(64-44)28-12-10-26(60-28)36-18(2)30-32(22(14-52)56-6)46(49,50)34(42(30)62-36)24(16-54)58-8/h9-12H,1-4H3/b31-21-,32-22+,33-23-,34-24+. The molecule has 0 radical (unpaired) electrons. The molecule has 7 aromatic rings. The maximum atomic E-state index is 15.9. The highest BCUT2D eigenvalue weighted by Crippen LogP contribution is 2.63. The van der Waals surface area contributed by atoms with Crippen LogP contribution >= 0.6 is 79.4 Å². The zero-order valence-electron chi connectivity index (χ0n) is 33.3. The maximum absolute atomic E-state index is 15.9. The van der Waals surface area contributed by atoms with Crippen LogP contribution in [0.15, 0.2) is 47.1 Å². The Balaban J connectivity index is 1.10. The molecule has 0 bridgehead atoms. The van der Waals surface area contributed by atoms with Crippen molar-refractivity contribution in [3.05, 3.63) is 136 Å². The lowest BCUT2D eigenvalue weighted by Crippen LogP contribution is -2.16. The number of aryl methyl sites for hydroxylation is 2. The lowest BCUT2D eigenvalue weighted by molar-refractivity contribution is 0.137. The number of rotatable bonds is 4. The fourth-order valence-corrected chi connectivity index (χ4v) is 18.0. The van der Waals surface area contributed by atoms with Crippen LogP contribution in [0.3, 0.4) is 0 Å². The van der Waals surface area contributed by atoms with E-state index in [1.165, 1.54) is 22.7 Å². The van der Waals surface area contributed by atoms with E-state index in [-0.39, 0.29) is 20.9 Å². The molecule has 7 aromatic heterocycles. The summed E-state index contributed by atoms with van der Waals surface area (Å²) >= 11 is 9.94. The average Bonchev–Trinajstić information content (AvgIpc) is 4.17. The first kappa shape index (κ1) is 43.3. The number of alkyl halides is 4. The third-order valence-electron chi connectivity index (χ3n) is 11.0. The van der Waals surface area contributed by atoms with Crippen LogP contribution in [0.4, 0.5) is 17.6 Å². The Hall–Kier alpha value is -6.98.